The van der Waals surface area contributed by atoms with Crippen LogP contribution in [0.1, 0.15) is 16.7 Å². The van der Waals surface area contributed by atoms with Gasteiger partial charge in [-0.3, -0.25) is 14.9 Å². The minimum Gasteiger partial charge on any atom is -0.493 e. The number of benzene rings is 3. The van der Waals surface area contributed by atoms with Gasteiger partial charge in [0.25, 0.3) is 11.6 Å². The van der Waals surface area contributed by atoms with Crippen molar-refractivity contribution in [2.45, 2.75) is 6.92 Å². The SMILES string of the molecule is COc1cc(/C=N/N(C(=O)/C=C/c2ccc([N+](=O)[O-])cc2)c2nc3ccc(C)cc3s2)cc(OC)c1OC. The Bertz CT molecular complexity index is 1520. The number of aromatic nitrogens is 1. The quantitative estimate of drug-likeness (QED) is 0.119. The molecule has 0 spiro atoms. The maximum atomic E-state index is 13.3. The van der Waals surface area contributed by atoms with E-state index in [1.165, 1.54) is 62.1 Å². The number of carbonyl (C=O) groups excluding carboxylic acids is 1. The largest absolute Gasteiger partial charge is 0.493 e. The maximum absolute atomic E-state index is 13.3. The Morgan fingerprint density at radius 3 is 2.29 bits per heavy atom. The van der Waals surface area contributed by atoms with Crippen molar-refractivity contribution in [2.75, 3.05) is 26.3 Å². The number of hydrogen-bond donors (Lipinski definition) is 0. The van der Waals surface area contributed by atoms with Crippen molar-refractivity contribution in [1.82, 2.24) is 4.98 Å². The fourth-order valence-corrected chi connectivity index (χ4v) is 4.58. The number of nitro benzene ring substituents is 1. The summed E-state index contributed by atoms with van der Waals surface area (Å²) in [6.45, 7) is 1.98. The molecule has 1 amide bonds. The monoisotopic (exact) mass is 532 g/mol. The topological polar surface area (TPSA) is 116 Å². The van der Waals surface area contributed by atoms with Crippen LogP contribution in [0.5, 0.6) is 17.2 Å². The van der Waals surface area contributed by atoms with E-state index < -0.39 is 10.8 Å². The first-order valence-electron chi connectivity index (χ1n) is 11.3. The van der Waals surface area contributed by atoms with Gasteiger partial charge in [0.2, 0.25) is 10.9 Å². The smallest absolute Gasteiger partial charge is 0.273 e. The van der Waals surface area contributed by atoms with Crippen LogP contribution in [0.2, 0.25) is 0 Å². The molecule has 1 heterocycles. The number of thiazole rings is 1. The molecule has 0 atom stereocenters. The molecule has 3 aromatic carbocycles. The van der Waals surface area contributed by atoms with E-state index in [-0.39, 0.29) is 5.69 Å². The third-order valence-electron chi connectivity index (χ3n) is 5.45. The van der Waals surface area contributed by atoms with Gasteiger partial charge in [0.1, 0.15) is 0 Å². The van der Waals surface area contributed by atoms with Gasteiger partial charge >= 0.3 is 0 Å². The Hall–Kier alpha value is -4.77. The van der Waals surface area contributed by atoms with E-state index in [0.717, 1.165) is 15.8 Å². The number of non-ortho nitro benzene ring substituents is 1. The number of amides is 1. The number of anilines is 1. The fraction of sp³-hybridized carbons (Fsp3) is 0.148. The summed E-state index contributed by atoms with van der Waals surface area (Å²) in [6.07, 6.45) is 4.40. The van der Waals surface area contributed by atoms with E-state index >= 15 is 0 Å². The lowest BCUT2D eigenvalue weighted by Gasteiger charge is -2.14. The first-order valence-corrected chi connectivity index (χ1v) is 12.1. The predicted octanol–water partition coefficient (Wildman–Crippen LogP) is 5.62. The molecule has 0 aliphatic rings. The molecule has 10 nitrogen and oxygen atoms in total. The fourth-order valence-electron chi connectivity index (χ4n) is 3.56. The van der Waals surface area contributed by atoms with Gasteiger partial charge in [-0.2, -0.15) is 10.1 Å². The van der Waals surface area contributed by atoms with Crippen LogP contribution in [-0.4, -0.2) is 43.4 Å². The second-order valence-electron chi connectivity index (χ2n) is 8.00. The average molecular weight is 533 g/mol. The maximum Gasteiger partial charge on any atom is 0.273 e. The van der Waals surface area contributed by atoms with Crippen molar-refractivity contribution in [3.05, 3.63) is 87.5 Å². The molecular weight excluding hydrogens is 508 g/mol. The molecule has 4 rings (SSSR count). The van der Waals surface area contributed by atoms with Crippen LogP contribution in [0.15, 0.2) is 65.8 Å². The zero-order chi connectivity index (χ0) is 27.2. The van der Waals surface area contributed by atoms with Crippen LogP contribution < -0.4 is 19.2 Å². The first kappa shape index (κ1) is 26.3. The number of ether oxygens (including phenoxy) is 3. The van der Waals surface area contributed by atoms with Gasteiger partial charge in [-0.25, -0.2) is 4.98 Å². The predicted molar refractivity (Wildman–Crippen MR) is 148 cm³/mol. The van der Waals surface area contributed by atoms with Crippen molar-refractivity contribution in [3.8, 4) is 17.2 Å². The Morgan fingerprint density at radius 1 is 1.00 bits per heavy atom. The number of hydrogen-bond acceptors (Lipinski definition) is 9. The minimum absolute atomic E-state index is 0.0326. The van der Waals surface area contributed by atoms with Crippen LogP contribution in [0, 0.1) is 17.0 Å². The van der Waals surface area contributed by atoms with Gasteiger partial charge in [0.15, 0.2) is 11.5 Å². The normalized spacial score (nSPS) is 11.3. The van der Waals surface area contributed by atoms with Crippen LogP contribution in [0.4, 0.5) is 10.8 Å². The van der Waals surface area contributed by atoms with Gasteiger partial charge in [-0.05, 0) is 60.5 Å². The molecule has 194 valence electrons. The zero-order valence-electron chi connectivity index (χ0n) is 21.1. The molecule has 0 aliphatic heterocycles. The van der Waals surface area contributed by atoms with Crippen molar-refractivity contribution in [2.24, 2.45) is 5.10 Å². The molecule has 1 aromatic heterocycles. The molecule has 11 heteroatoms. The lowest BCUT2D eigenvalue weighted by molar-refractivity contribution is -0.384. The Morgan fingerprint density at radius 2 is 1.68 bits per heavy atom. The lowest BCUT2D eigenvalue weighted by Crippen LogP contribution is -2.23. The molecule has 0 N–H and O–H groups in total. The third kappa shape index (κ3) is 5.79. The highest BCUT2D eigenvalue weighted by atomic mass is 32.1. The van der Waals surface area contributed by atoms with E-state index in [0.29, 0.717) is 33.5 Å². The van der Waals surface area contributed by atoms with Gasteiger partial charge < -0.3 is 14.2 Å². The van der Waals surface area contributed by atoms with Gasteiger partial charge in [0.05, 0.1) is 42.7 Å². The average Bonchev–Trinajstić information content (AvgIpc) is 3.34. The molecule has 0 aliphatic carbocycles. The molecule has 0 saturated carbocycles. The van der Waals surface area contributed by atoms with Gasteiger partial charge in [0, 0.05) is 23.8 Å². The van der Waals surface area contributed by atoms with Crippen LogP contribution in [0.25, 0.3) is 16.3 Å². The van der Waals surface area contributed by atoms with Crippen molar-refractivity contribution >= 4 is 50.6 Å². The molecule has 38 heavy (non-hydrogen) atoms. The summed E-state index contributed by atoms with van der Waals surface area (Å²) in [5, 5.41) is 16.9. The number of carbonyl (C=O) groups is 1. The molecule has 0 radical (unpaired) electrons. The van der Waals surface area contributed by atoms with E-state index in [4.69, 9.17) is 14.2 Å². The molecule has 0 bridgehead atoms. The number of aryl methyl sites for hydroxylation is 1. The molecule has 0 unspecified atom stereocenters. The molecule has 0 saturated heterocycles. The number of rotatable bonds is 9. The van der Waals surface area contributed by atoms with Crippen LogP contribution in [0.3, 0.4) is 0 Å². The number of nitrogens with zero attached hydrogens (tertiary/aromatic N) is 4. The Balaban J connectivity index is 1.71. The third-order valence-corrected chi connectivity index (χ3v) is 6.45. The number of fused-ring (bicyclic) bond motifs is 1. The molecule has 4 aromatic rings. The second-order valence-corrected chi connectivity index (χ2v) is 9.01. The van der Waals surface area contributed by atoms with E-state index in [1.807, 2.05) is 25.1 Å². The van der Waals surface area contributed by atoms with Gasteiger partial charge in [-0.1, -0.05) is 17.4 Å². The van der Waals surface area contributed by atoms with Crippen molar-refractivity contribution < 1.29 is 23.9 Å². The zero-order valence-corrected chi connectivity index (χ0v) is 21.9. The molecule has 0 fully saturated rings. The number of nitro groups is 1. The minimum atomic E-state index is -0.479. The highest BCUT2D eigenvalue weighted by molar-refractivity contribution is 7.22. The summed E-state index contributed by atoms with van der Waals surface area (Å²) in [6, 6.07) is 15.1. The summed E-state index contributed by atoms with van der Waals surface area (Å²) >= 11 is 1.33. The van der Waals surface area contributed by atoms with Crippen LogP contribution in [-0.2, 0) is 4.79 Å². The van der Waals surface area contributed by atoms with Crippen LogP contribution >= 0.6 is 11.3 Å². The summed E-state index contributed by atoms with van der Waals surface area (Å²) < 4.78 is 17.1. The summed E-state index contributed by atoms with van der Waals surface area (Å²) in [4.78, 5) is 28.3. The Kier molecular flexibility index (Phi) is 7.97. The van der Waals surface area contributed by atoms with Crippen molar-refractivity contribution in [3.63, 3.8) is 0 Å². The summed E-state index contributed by atoms with van der Waals surface area (Å²) in [7, 11) is 4.54. The summed E-state index contributed by atoms with van der Waals surface area (Å²) in [5.41, 5.74) is 3.01. The highest BCUT2D eigenvalue weighted by Gasteiger charge is 2.18. The highest BCUT2D eigenvalue weighted by Crippen LogP contribution is 2.38. The van der Waals surface area contributed by atoms with E-state index in [9.17, 15) is 14.9 Å². The molecular formula is C27H24N4O6S. The van der Waals surface area contributed by atoms with Gasteiger partial charge in [-0.15, -0.1) is 0 Å². The number of methoxy groups -OCH3 is 3. The second kappa shape index (κ2) is 11.5. The summed E-state index contributed by atoms with van der Waals surface area (Å²) in [5.74, 6) is 0.870. The van der Waals surface area contributed by atoms with E-state index in [2.05, 4.69) is 10.1 Å². The Labute approximate surface area is 222 Å². The standard InChI is InChI=1S/C27H24N4O6S/c1-17-5-11-21-24(13-17)38-27(29-21)30(25(32)12-8-18-6-9-20(10-7-18)31(33)34)28-16-19-14-22(35-2)26(37-4)23(15-19)36-3/h5-16H,1-4H3/b12-8+,28-16+. The first-order chi connectivity index (χ1) is 18.3. The lowest BCUT2D eigenvalue weighted by atomic mass is 10.2. The number of hydrazone groups is 1. The van der Waals surface area contributed by atoms with E-state index in [1.54, 1.807) is 30.3 Å². The van der Waals surface area contributed by atoms with Crippen molar-refractivity contribution in [1.29, 1.82) is 0 Å².